The van der Waals surface area contributed by atoms with Gasteiger partial charge in [0, 0.05) is 19.2 Å². The van der Waals surface area contributed by atoms with E-state index >= 15 is 0 Å². The number of rotatable bonds is 5. The summed E-state index contributed by atoms with van der Waals surface area (Å²) in [4.78, 5) is 0. The Kier molecular flexibility index (Phi) is 4.78. The van der Waals surface area contributed by atoms with Crippen LogP contribution in [0.5, 0.6) is 0 Å². The van der Waals surface area contributed by atoms with Crippen LogP contribution >= 0.6 is 0 Å². The summed E-state index contributed by atoms with van der Waals surface area (Å²) in [7, 11) is -3.18. The summed E-state index contributed by atoms with van der Waals surface area (Å²) in [5.74, 6) is 0.111. The molecule has 0 aliphatic carbocycles. The second-order valence-corrected chi connectivity index (χ2v) is 6.76. The maximum absolute atomic E-state index is 11.8. The van der Waals surface area contributed by atoms with Crippen molar-refractivity contribution < 1.29 is 13.2 Å². The Bertz CT molecular complexity index is 320. The van der Waals surface area contributed by atoms with Crippen LogP contribution in [0.15, 0.2) is 0 Å². The molecule has 2 fully saturated rings. The second-order valence-electron chi connectivity index (χ2n) is 4.91. The molecule has 2 unspecified atom stereocenters. The van der Waals surface area contributed by atoms with Gasteiger partial charge in [-0.05, 0) is 38.6 Å². The summed E-state index contributed by atoms with van der Waals surface area (Å²) in [5, 5.41) is 3.27. The van der Waals surface area contributed by atoms with Crippen LogP contribution in [0.3, 0.4) is 0 Å². The highest BCUT2D eigenvalue weighted by molar-refractivity contribution is 7.89. The topological polar surface area (TPSA) is 67.4 Å². The van der Waals surface area contributed by atoms with Gasteiger partial charge in [-0.25, -0.2) is 13.1 Å². The van der Waals surface area contributed by atoms with E-state index in [9.17, 15) is 8.42 Å². The minimum Gasteiger partial charge on any atom is -0.377 e. The molecule has 0 aromatic carbocycles. The van der Waals surface area contributed by atoms with Crippen molar-refractivity contribution in [1.82, 2.24) is 10.0 Å². The van der Waals surface area contributed by atoms with E-state index in [1.807, 2.05) is 0 Å². The zero-order chi connectivity index (χ0) is 12.1. The maximum atomic E-state index is 11.8. The fourth-order valence-electron chi connectivity index (χ4n) is 2.40. The van der Waals surface area contributed by atoms with Gasteiger partial charge in [-0.15, -0.1) is 0 Å². The summed E-state index contributed by atoms with van der Waals surface area (Å²) in [6.07, 6.45) is 5.07. The van der Waals surface area contributed by atoms with Gasteiger partial charge in [0.05, 0.1) is 11.9 Å². The third kappa shape index (κ3) is 4.54. The molecule has 17 heavy (non-hydrogen) atoms. The molecule has 2 aliphatic rings. The minimum atomic E-state index is -3.18. The molecule has 2 N–H and O–H groups in total. The molecule has 0 amide bonds. The van der Waals surface area contributed by atoms with Crippen LogP contribution in [-0.4, -0.2) is 46.0 Å². The Morgan fingerprint density at radius 1 is 1.24 bits per heavy atom. The lowest BCUT2D eigenvalue weighted by atomic mass is 10.1. The first-order valence-corrected chi connectivity index (χ1v) is 8.13. The van der Waals surface area contributed by atoms with Gasteiger partial charge in [-0.3, -0.25) is 0 Å². The normalized spacial score (nSPS) is 30.6. The fraction of sp³-hybridized carbons (Fsp3) is 1.00. The summed E-state index contributed by atoms with van der Waals surface area (Å²) >= 11 is 0. The highest BCUT2D eigenvalue weighted by atomic mass is 32.2. The number of nitrogens with one attached hydrogen (secondary N) is 2. The molecule has 0 spiro atoms. The van der Waals surface area contributed by atoms with E-state index in [0.717, 1.165) is 38.6 Å². The van der Waals surface area contributed by atoms with Gasteiger partial charge in [0.15, 0.2) is 0 Å². The van der Waals surface area contributed by atoms with Crippen molar-refractivity contribution in [3.05, 3.63) is 0 Å². The summed E-state index contributed by atoms with van der Waals surface area (Å²) in [6.45, 7) is 2.21. The number of hydrogen-bond acceptors (Lipinski definition) is 4. The summed E-state index contributed by atoms with van der Waals surface area (Å²) in [6, 6.07) is 0.303. The van der Waals surface area contributed by atoms with Gasteiger partial charge >= 0.3 is 0 Å². The van der Waals surface area contributed by atoms with Gasteiger partial charge in [0.1, 0.15) is 0 Å². The van der Waals surface area contributed by atoms with Gasteiger partial charge in [0.2, 0.25) is 10.0 Å². The van der Waals surface area contributed by atoms with Crippen LogP contribution in [-0.2, 0) is 14.8 Å². The van der Waals surface area contributed by atoms with Crippen molar-refractivity contribution in [1.29, 1.82) is 0 Å². The molecule has 0 aromatic heterocycles. The van der Waals surface area contributed by atoms with Gasteiger partial charge in [-0.2, -0.15) is 0 Å². The Morgan fingerprint density at radius 2 is 2.12 bits per heavy atom. The molecule has 0 saturated carbocycles. The monoisotopic (exact) mass is 262 g/mol. The molecule has 2 saturated heterocycles. The zero-order valence-electron chi connectivity index (χ0n) is 10.2. The van der Waals surface area contributed by atoms with Crippen molar-refractivity contribution >= 4 is 10.0 Å². The predicted molar refractivity (Wildman–Crippen MR) is 66.4 cm³/mol. The smallest absolute Gasteiger partial charge is 0.214 e. The van der Waals surface area contributed by atoms with Crippen LogP contribution in [0.1, 0.15) is 32.1 Å². The van der Waals surface area contributed by atoms with E-state index in [0.29, 0.717) is 19.2 Å². The van der Waals surface area contributed by atoms with E-state index in [1.54, 1.807) is 0 Å². The van der Waals surface area contributed by atoms with Gasteiger partial charge in [0.25, 0.3) is 0 Å². The summed E-state index contributed by atoms with van der Waals surface area (Å²) < 4.78 is 31.8. The van der Waals surface area contributed by atoms with Crippen molar-refractivity contribution in [3.8, 4) is 0 Å². The van der Waals surface area contributed by atoms with E-state index in [4.69, 9.17) is 4.74 Å². The zero-order valence-corrected chi connectivity index (χ0v) is 11.0. The van der Waals surface area contributed by atoms with Crippen LogP contribution in [0.2, 0.25) is 0 Å². The SMILES string of the molecule is O=S(=O)(CC1CCCCO1)NCC1CCCN1. The van der Waals surface area contributed by atoms with Crippen LogP contribution < -0.4 is 10.0 Å². The Hall–Kier alpha value is -0.170. The number of sulfonamides is 1. The van der Waals surface area contributed by atoms with E-state index in [2.05, 4.69) is 10.0 Å². The molecule has 2 aliphatic heterocycles. The molecule has 0 bridgehead atoms. The lowest BCUT2D eigenvalue weighted by Gasteiger charge is -2.22. The molecule has 0 radical (unpaired) electrons. The average molecular weight is 262 g/mol. The lowest BCUT2D eigenvalue weighted by molar-refractivity contribution is 0.0304. The van der Waals surface area contributed by atoms with E-state index in [-0.39, 0.29) is 11.9 Å². The molecule has 2 heterocycles. The number of hydrogen-bond donors (Lipinski definition) is 2. The van der Waals surface area contributed by atoms with Crippen molar-refractivity contribution in [2.75, 3.05) is 25.4 Å². The molecule has 0 aromatic rings. The lowest BCUT2D eigenvalue weighted by Crippen LogP contribution is -2.41. The third-order valence-electron chi connectivity index (χ3n) is 3.39. The van der Waals surface area contributed by atoms with Crippen molar-refractivity contribution in [3.63, 3.8) is 0 Å². The van der Waals surface area contributed by atoms with E-state index in [1.165, 1.54) is 0 Å². The first-order chi connectivity index (χ1) is 8.16. The molecular weight excluding hydrogens is 240 g/mol. The first kappa shape index (κ1) is 13.3. The quantitative estimate of drug-likeness (QED) is 0.744. The third-order valence-corrected chi connectivity index (χ3v) is 4.81. The molecule has 2 rings (SSSR count). The minimum absolute atomic E-state index is 0.111. The molecular formula is C11H22N2O3S. The Morgan fingerprint density at radius 3 is 2.76 bits per heavy atom. The molecule has 6 heteroatoms. The van der Waals surface area contributed by atoms with Gasteiger partial charge < -0.3 is 10.1 Å². The Labute approximate surface area is 103 Å². The number of ether oxygens (including phenoxy) is 1. The average Bonchev–Trinajstić information content (AvgIpc) is 2.80. The largest absolute Gasteiger partial charge is 0.377 e. The Balaban J connectivity index is 1.73. The fourth-order valence-corrected chi connectivity index (χ4v) is 3.73. The van der Waals surface area contributed by atoms with Crippen LogP contribution in [0, 0.1) is 0 Å². The first-order valence-electron chi connectivity index (χ1n) is 6.48. The van der Waals surface area contributed by atoms with Crippen LogP contribution in [0.25, 0.3) is 0 Å². The van der Waals surface area contributed by atoms with Crippen LogP contribution in [0.4, 0.5) is 0 Å². The highest BCUT2D eigenvalue weighted by Gasteiger charge is 2.23. The molecule has 5 nitrogen and oxygen atoms in total. The second kappa shape index (κ2) is 6.13. The highest BCUT2D eigenvalue weighted by Crippen LogP contribution is 2.14. The standard InChI is InChI=1S/C11H22N2O3S/c14-17(15,9-11-5-1-2-7-16-11)13-8-10-4-3-6-12-10/h10-13H,1-9H2. The van der Waals surface area contributed by atoms with E-state index < -0.39 is 10.0 Å². The maximum Gasteiger partial charge on any atom is 0.214 e. The van der Waals surface area contributed by atoms with Gasteiger partial charge in [-0.1, -0.05) is 0 Å². The van der Waals surface area contributed by atoms with Crippen molar-refractivity contribution in [2.45, 2.75) is 44.2 Å². The predicted octanol–water partition coefficient (Wildman–Crippen LogP) is 0.227. The molecule has 100 valence electrons. The molecule has 2 atom stereocenters. The summed E-state index contributed by atoms with van der Waals surface area (Å²) in [5.41, 5.74) is 0. The van der Waals surface area contributed by atoms with Crippen molar-refractivity contribution in [2.24, 2.45) is 0 Å².